The summed E-state index contributed by atoms with van der Waals surface area (Å²) in [6, 6.07) is 7.49. The van der Waals surface area contributed by atoms with Crippen LogP contribution in [0, 0.1) is 13.8 Å². The van der Waals surface area contributed by atoms with E-state index >= 15 is 0 Å². The molecule has 2 rings (SSSR count). The lowest BCUT2D eigenvalue weighted by molar-refractivity contribution is -0.118. The Hall–Kier alpha value is -2.43. The molecule has 0 bridgehead atoms. The third kappa shape index (κ3) is 3.77. The number of hydrogen-bond acceptors (Lipinski definition) is 4. The van der Waals surface area contributed by atoms with Gasteiger partial charge in [0.15, 0.2) is 6.61 Å². The molecule has 0 unspecified atom stereocenters. The van der Waals surface area contributed by atoms with E-state index in [9.17, 15) is 4.79 Å². The number of carbonyl (C=O) groups is 1. The molecule has 5 nitrogen and oxygen atoms in total. The van der Waals surface area contributed by atoms with Crippen LogP contribution >= 0.6 is 0 Å². The summed E-state index contributed by atoms with van der Waals surface area (Å²) < 4.78 is 5.46. The summed E-state index contributed by atoms with van der Waals surface area (Å²) in [6.45, 7) is 3.89. The fourth-order valence-electron chi connectivity index (χ4n) is 1.63. The lowest BCUT2D eigenvalue weighted by Crippen LogP contribution is -2.21. The third-order valence-corrected chi connectivity index (χ3v) is 2.51. The predicted molar refractivity (Wildman–Crippen MR) is 72.1 cm³/mol. The second kappa shape index (κ2) is 5.95. The van der Waals surface area contributed by atoms with Gasteiger partial charge in [-0.2, -0.15) is 0 Å². The minimum Gasteiger partial charge on any atom is -0.483 e. The van der Waals surface area contributed by atoms with Gasteiger partial charge in [0.05, 0.1) is 0 Å². The van der Waals surface area contributed by atoms with Crippen LogP contribution in [0.25, 0.3) is 0 Å². The first kappa shape index (κ1) is 13.0. The Kier molecular flexibility index (Phi) is 4.07. The average molecular weight is 257 g/mol. The Balaban J connectivity index is 1.90. The normalized spacial score (nSPS) is 10.0. The predicted octanol–water partition coefficient (Wildman–Crippen LogP) is 2.11. The highest BCUT2D eigenvalue weighted by molar-refractivity contribution is 5.90. The summed E-state index contributed by atoms with van der Waals surface area (Å²) in [5, 5.41) is 2.56. The van der Waals surface area contributed by atoms with E-state index in [0.29, 0.717) is 5.75 Å². The van der Waals surface area contributed by atoms with Crippen LogP contribution in [0.4, 0.5) is 5.95 Å². The number of hydrogen-bond donors (Lipinski definition) is 1. The zero-order chi connectivity index (χ0) is 13.7. The molecular formula is C14H15N3O2. The van der Waals surface area contributed by atoms with E-state index < -0.39 is 0 Å². The van der Waals surface area contributed by atoms with Gasteiger partial charge in [-0.15, -0.1) is 0 Å². The van der Waals surface area contributed by atoms with Crippen molar-refractivity contribution >= 4 is 11.9 Å². The number of nitrogens with zero attached hydrogens (tertiary/aromatic N) is 2. The van der Waals surface area contributed by atoms with Crippen molar-refractivity contribution in [1.29, 1.82) is 0 Å². The summed E-state index contributed by atoms with van der Waals surface area (Å²) in [5.41, 5.74) is 2.16. The molecule has 0 fully saturated rings. The molecule has 0 radical (unpaired) electrons. The molecule has 0 saturated carbocycles. The number of carbonyl (C=O) groups excluding carboxylic acids is 1. The third-order valence-electron chi connectivity index (χ3n) is 2.51. The molecule has 0 aliphatic heterocycles. The molecule has 0 aliphatic rings. The molecule has 0 saturated heterocycles. The van der Waals surface area contributed by atoms with Crippen molar-refractivity contribution < 1.29 is 9.53 Å². The number of amides is 1. The molecular weight excluding hydrogens is 242 g/mol. The van der Waals surface area contributed by atoms with E-state index in [0.717, 1.165) is 11.1 Å². The zero-order valence-electron chi connectivity index (χ0n) is 10.9. The highest BCUT2D eigenvalue weighted by Crippen LogP contribution is 2.18. The van der Waals surface area contributed by atoms with Crippen LogP contribution in [0.3, 0.4) is 0 Å². The maximum Gasteiger partial charge on any atom is 0.264 e. The maximum absolute atomic E-state index is 11.6. The van der Waals surface area contributed by atoms with Crippen LogP contribution in [0.2, 0.25) is 0 Å². The van der Waals surface area contributed by atoms with Crippen LogP contribution in [0.5, 0.6) is 5.75 Å². The van der Waals surface area contributed by atoms with Gasteiger partial charge in [-0.3, -0.25) is 10.1 Å². The average Bonchev–Trinajstić information content (AvgIpc) is 2.39. The largest absolute Gasteiger partial charge is 0.483 e. The molecule has 5 heteroatoms. The van der Waals surface area contributed by atoms with Crippen molar-refractivity contribution in [2.45, 2.75) is 13.8 Å². The highest BCUT2D eigenvalue weighted by atomic mass is 16.5. The second-order valence-electron chi connectivity index (χ2n) is 4.18. The van der Waals surface area contributed by atoms with E-state index in [1.165, 1.54) is 0 Å². The molecule has 0 atom stereocenters. The number of rotatable bonds is 4. The number of nitrogens with one attached hydrogen (secondary N) is 1. The SMILES string of the molecule is Cc1ccc(OCC(=O)Nc2ncccn2)c(C)c1. The van der Waals surface area contributed by atoms with Crippen molar-refractivity contribution in [3.8, 4) is 5.75 Å². The fourth-order valence-corrected chi connectivity index (χ4v) is 1.63. The highest BCUT2D eigenvalue weighted by Gasteiger charge is 2.06. The van der Waals surface area contributed by atoms with Gasteiger partial charge in [0, 0.05) is 12.4 Å². The van der Waals surface area contributed by atoms with Crippen molar-refractivity contribution in [2.75, 3.05) is 11.9 Å². The van der Waals surface area contributed by atoms with Gasteiger partial charge >= 0.3 is 0 Å². The summed E-state index contributed by atoms with van der Waals surface area (Å²) >= 11 is 0. The van der Waals surface area contributed by atoms with Crippen LogP contribution in [0.1, 0.15) is 11.1 Å². The van der Waals surface area contributed by atoms with Crippen molar-refractivity contribution in [1.82, 2.24) is 9.97 Å². The van der Waals surface area contributed by atoms with Gasteiger partial charge < -0.3 is 4.74 Å². The molecule has 1 amide bonds. The van der Waals surface area contributed by atoms with E-state index in [-0.39, 0.29) is 18.5 Å². The Labute approximate surface area is 111 Å². The molecule has 1 heterocycles. The van der Waals surface area contributed by atoms with E-state index in [1.54, 1.807) is 18.5 Å². The van der Waals surface area contributed by atoms with Gasteiger partial charge in [-0.05, 0) is 31.5 Å². The van der Waals surface area contributed by atoms with Gasteiger partial charge in [-0.25, -0.2) is 9.97 Å². The second-order valence-corrected chi connectivity index (χ2v) is 4.18. The minimum absolute atomic E-state index is 0.0673. The van der Waals surface area contributed by atoms with Crippen molar-refractivity contribution in [2.24, 2.45) is 0 Å². The first-order chi connectivity index (χ1) is 9.15. The maximum atomic E-state index is 11.6. The summed E-state index contributed by atoms with van der Waals surface area (Å²) in [5.74, 6) is 0.692. The van der Waals surface area contributed by atoms with Gasteiger partial charge in [0.1, 0.15) is 5.75 Å². The first-order valence-electron chi connectivity index (χ1n) is 5.92. The van der Waals surface area contributed by atoms with E-state index in [4.69, 9.17) is 4.74 Å². The van der Waals surface area contributed by atoms with Gasteiger partial charge in [0.2, 0.25) is 5.95 Å². The molecule has 2 aromatic rings. The Morgan fingerprint density at radius 3 is 2.68 bits per heavy atom. The summed E-state index contributed by atoms with van der Waals surface area (Å²) in [7, 11) is 0. The van der Waals surface area contributed by atoms with Crippen LogP contribution < -0.4 is 10.1 Å². The molecule has 1 aromatic heterocycles. The number of anilines is 1. The topological polar surface area (TPSA) is 64.1 Å². The van der Waals surface area contributed by atoms with Crippen molar-refractivity contribution in [3.05, 3.63) is 47.8 Å². The lowest BCUT2D eigenvalue weighted by atomic mass is 10.1. The standard InChI is InChI=1S/C14H15N3O2/c1-10-4-5-12(11(2)8-10)19-9-13(18)17-14-15-6-3-7-16-14/h3-8H,9H2,1-2H3,(H,15,16,17,18). The van der Waals surface area contributed by atoms with Crippen molar-refractivity contribution in [3.63, 3.8) is 0 Å². The van der Waals surface area contributed by atoms with Gasteiger partial charge in [-0.1, -0.05) is 17.7 Å². The lowest BCUT2D eigenvalue weighted by Gasteiger charge is -2.09. The molecule has 1 N–H and O–H groups in total. The van der Waals surface area contributed by atoms with Gasteiger partial charge in [0.25, 0.3) is 5.91 Å². The van der Waals surface area contributed by atoms with Crippen LogP contribution in [0.15, 0.2) is 36.7 Å². The van der Waals surface area contributed by atoms with E-state index in [2.05, 4.69) is 15.3 Å². The summed E-state index contributed by atoms with van der Waals surface area (Å²) in [4.78, 5) is 19.5. The van der Waals surface area contributed by atoms with E-state index in [1.807, 2.05) is 32.0 Å². The molecule has 1 aromatic carbocycles. The first-order valence-corrected chi connectivity index (χ1v) is 5.92. The summed E-state index contributed by atoms with van der Waals surface area (Å²) in [6.07, 6.45) is 3.13. The van der Waals surface area contributed by atoms with Crippen LogP contribution in [-0.2, 0) is 4.79 Å². The Bertz CT molecular complexity index is 570. The number of aryl methyl sites for hydroxylation is 2. The number of ether oxygens (including phenoxy) is 1. The quantitative estimate of drug-likeness (QED) is 0.911. The molecule has 0 aliphatic carbocycles. The Morgan fingerprint density at radius 2 is 2.00 bits per heavy atom. The zero-order valence-corrected chi connectivity index (χ0v) is 10.9. The Morgan fingerprint density at radius 1 is 1.26 bits per heavy atom. The smallest absolute Gasteiger partial charge is 0.264 e. The monoisotopic (exact) mass is 257 g/mol. The fraction of sp³-hybridized carbons (Fsp3) is 0.214. The van der Waals surface area contributed by atoms with Crippen LogP contribution in [-0.4, -0.2) is 22.5 Å². The minimum atomic E-state index is -0.286. The molecule has 98 valence electrons. The molecule has 19 heavy (non-hydrogen) atoms. The molecule has 0 spiro atoms. The number of benzene rings is 1. The number of aromatic nitrogens is 2.